The molecule has 2 amide bonds. The smallest absolute Gasteiger partial charge is 0.317 e. The molecule has 0 saturated heterocycles. The Hall–Kier alpha value is -1.26. The first-order valence-corrected chi connectivity index (χ1v) is 5.66. The maximum absolute atomic E-state index is 11.7. The van der Waals surface area contributed by atoms with Crippen molar-refractivity contribution in [2.45, 2.75) is 39.7 Å². The molecule has 0 aliphatic heterocycles. The molecule has 2 N–H and O–H groups in total. The van der Waals surface area contributed by atoms with Gasteiger partial charge in [0.25, 0.3) is 0 Å². The number of nitrogens with one attached hydrogen (secondary N) is 1. The molecule has 92 valence electrons. The third kappa shape index (κ3) is 3.12. The fourth-order valence-electron chi connectivity index (χ4n) is 1.43. The average Bonchev–Trinajstić information content (AvgIpc) is 3.00. The van der Waals surface area contributed by atoms with Gasteiger partial charge in [-0.05, 0) is 33.6 Å². The first-order valence-electron chi connectivity index (χ1n) is 5.66. The van der Waals surface area contributed by atoms with Gasteiger partial charge in [0.15, 0.2) is 0 Å². The predicted octanol–water partition coefficient (Wildman–Crippen LogP) is 1.29. The Labute approximate surface area is 95.8 Å². The van der Waals surface area contributed by atoms with Crippen LogP contribution in [0, 0.1) is 5.41 Å². The number of hydrogen-bond acceptors (Lipinski definition) is 2. The number of carboxylic acid groups (broad SMARTS) is 1. The van der Waals surface area contributed by atoms with Gasteiger partial charge >= 0.3 is 12.0 Å². The van der Waals surface area contributed by atoms with Crippen LogP contribution in [0.1, 0.15) is 33.6 Å². The predicted molar refractivity (Wildman–Crippen MR) is 60.2 cm³/mol. The molecule has 5 heteroatoms. The molecule has 0 heterocycles. The van der Waals surface area contributed by atoms with E-state index in [1.807, 2.05) is 6.92 Å². The van der Waals surface area contributed by atoms with Crippen LogP contribution >= 0.6 is 0 Å². The summed E-state index contributed by atoms with van der Waals surface area (Å²) in [6.45, 7) is 5.96. The molecule has 0 spiro atoms. The van der Waals surface area contributed by atoms with Crippen LogP contribution in [0.3, 0.4) is 0 Å². The molecule has 0 aromatic heterocycles. The molecule has 1 aliphatic carbocycles. The van der Waals surface area contributed by atoms with Gasteiger partial charge < -0.3 is 15.3 Å². The minimum absolute atomic E-state index is 0.153. The van der Waals surface area contributed by atoms with Crippen molar-refractivity contribution in [2.75, 3.05) is 13.1 Å². The third-order valence-corrected chi connectivity index (χ3v) is 2.85. The van der Waals surface area contributed by atoms with Crippen molar-refractivity contribution in [3.8, 4) is 0 Å². The van der Waals surface area contributed by atoms with Gasteiger partial charge in [0.2, 0.25) is 0 Å². The highest BCUT2D eigenvalue weighted by Crippen LogP contribution is 2.26. The van der Waals surface area contributed by atoms with Crippen LogP contribution in [0.4, 0.5) is 4.79 Å². The summed E-state index contributed by atoms with van der Waals surface area (Å²) < 4.78 is 0. The second-order valence-electron chi connectivity index (χ2n) is 4.86. The maximum atomic E-state index is 11.7. The van der Waals surface area contributed by atoms with E-state index in [0.717, 1.165) is 12.8 Å². The first-order chi connectivity index (χ1) is 7.38. The van der Waals surface area contributed by atoms with Gasteiger partial charge in [-0.3, -0.25) is 4.79 Å². The maximum Gasteiger partial charge on any atom is 0.317 e. The molecule has 16 heavy (non-hydrogen) atoms. The van der Waals surface area contributed by atoms with E-state index in [1.165, 1.54) is 0 Å². The largest absolute Gasteiger partial charge is 0.481 e. The van der Waals surface area contributed by atoms with Crippen molar-refractivity contribution in [3.63, 3.8) is 0 Å². The fourth-order valence-corrected chi connectivity index (χ4v) is 1.43. The molecule has 0 aromatic carbocycles. The lowest BCUT2D eigenvalue weighted by Gasteiger charge is -2.24. The Balaban J connectivity index is 2.42. The van der Waals surface area contributed by atoms with Gasteiger partial charge in [-0.25, -0.2) is 4.79 Å². The SMILES string of the molecule is CCN(C(=O)NCC(C)(C)C(=O)O)C1CC1. The topological polar surface area (TPSA) is 69.6 Å². The zero-order chi connectivity index (χ0) is 12.3. The zero-order valence-electron chi connectivity index (χ0n) is 10.1. The highest BCUT2D eigenvalue weighted by atomic mass is 16.4. The number of rotatable bonds is 5. The minimum Gasteiger partial charge on any atom is -0.481 e. The van der Waals surface area contributed by atoms with Gasteiger partial charge in [-0.2, -0.15) is 0 Å². The van der Waals surface area contributed by atoms with Crippen molar-refractivity contribution >= 4 is 12.0 Å². The van der Waals surface area contributed by atoms with E-state index in [9.17, 15) is 9.59 Å². The Bertz CT molecular complexity index is 285. The summed E-state index contributed by atoms with van der Waals surface area (Å²) in [6.07, 6.45) is 2.12. The number of carbonyl (C=O) groups excluding carboxylic acids is 1. The van der Waals surface area contributed by atoms with Crippen molar-refractivity contribution in [2.24, 2.45) is 5.41 Å². The molecule has 1 aliphatic rings. The summed E-state index contributed by atoms with van der Waals surface area (Å²) in [5.74, 6) is -0.901. The number of urea groups is 1. The van der Waals surface area contributed by atoms with Crippen LogP contribution in [0.25, 0.3) is 0 Å². The molecule has 1 rings (SSSR count). The van der Waals surface area contributed by atoms with E-state index in [0.29, 0.717) is 12.6 Å². The van der Waals surface area contributed by atoms with Gasteiger partial charge in [-0.1, -0.05) is 0 Å². The summed E-state index contributed by atoms with van der Waals surface area (Å²) in [5, 5.41) is 11.6. The van der Waals surface area contributed by atoms with Gasteiger partial charge in [-0.15, -0.1) is 0 Å². The number of carboxylic acids is 1. The van der Waals surface area contributed by atoms with Crippen molar-refractivity contribution in [3.05, 3.63) is 0 Å². The Morgan fingerprint density at radius 3 is 2.38 bits per heavy atom. The fraction of sp³-hybridized carbons (Fsp3) is 0.818. The van der Waals surface area contributed by atoms with E-state index in [1.54, 1.807) is 18.7 Å². The quantitative estimate of drug-likeness (QED) is 0.745. The summed E-state index contributed by atoms with van der Waals surface area (Å²) in [4.78, 5) is 24.4. The molecule has 0 unspecified atom stereocenters. The van der Waals surface area contributed by atoms with E-state index in [-0.39, 0.29) is 12.6 Å². The molecule has 1 saturated carbocycles. The highest BCUT2D eigenvalue weighted by molar-refractivity contribution is 5.78. The lowest BCUT2D eigenvalue weighted by molar-refractivity contribution is -0.146. The number of carbonyl (C=O) groups is 2. The second-order valence-corrected chi connectivity index (χ2v) is 4.86. The van der Waals surface area contributed by atoms with Gasteiger partial charge in [0.1, 0.15) is 0 Å². The molecular weight excluding hydrogens is 208 g/mol. The highest BCUT2D eigenvalue weighted by Gasteiger charge is 2.33. The van der Waals surface area contributed by atoms with E-state index in [4.69, 9.17) is 5.11 Å². The van der Waals surface area contributed by atoms with Crippen LogP contribution in [0.15, 0.2) is 0 Å². The van der Waals surface area contributed by atoms with Crippen LogP contribution < -0.4 is 5.32 Å². The zero-order valence-corrected chi connectivity index (χ0v) is 10.1. The second kappa shape index (κ2) is 4.72. The molecule has 1 fully saturated rings. The van der Waals surface area contributed by atoms with Crippen LogP contribution in [-0.2, 0) is 4.79 Å². The van der Waals surface area contributed by atoms with Gasteiger partial charge in [0.05, 0.1) is 5.41 Å². The van der Waals surface area contributed by atoms with E-state index in [2.05, 4.69) is 5.32 Å². The summed E-state index contributed by atoms with van der Waals surface area (Å²) in [6, 6.07) is 0.206. The molecule has 0 bridgehead atoms. The molecule has 0 radical (unpaired) electrons. The van der Waals surface area contributed by atoms with Crippen LogP contribution in [0.2, 0.25) is 0 Å². The summed E-state index contributed by atoms with van der Waals surface area (Å²) >= 11 is 0. The van der Waals surface area contributed by atoms with E-state index >= 15 is 0 Å². The molecule has 0 atom stereocenters. The number of hydrogen-bond donors (Lipinski definition) is 2. The Morgan fingerprint density at radius 1 is 1.44 bits per heavy atom. The molecular formula is C11H20N2O3. The lowest BCUT2D eigenvalue weighted by atomic mass is 9.94. The standard InChI is InChI=1S/C11H20N2O3/c1-4-13(8-5-6-8)10(16)12-7-11(2,3)9(14)15/h8H,4-7H2,1-3H3,(H,12,16)(H,14,15). The monoisotopic (exact) mass is 228 g/mol. The normalized spacial score (nSPS) is 15.7. The van der Waals surface area contributed by atoms with Crippen molar-refractivity contribution in [1.82, 2.24) is 10.2 Å². The van der Waals surface area contributed by atoms with Crippen molar-refractivity contribution < 1.29 is 14.7 Å². The van der Waals surface area contributed by atoms with Crippen LogP contribution in [0.5, 0.6) is 0 Å². The third-order valence-electron chi connectivity index (χ3n) is 2.85. The molecule has 0 aromatic rings. The number of nitrogens with zero attached hydrogens (tertiary/aromatic N) is 1. The Kier molecular flexibility index (Phi) is 3.78. The average molecular weight is 228 g/mol. The lowest BCUT2D eigenvalue weighted by Crippen LogP contribution is -2.46. The summed E-state index contributed by atoms with van der Waals surface area (Å²) in [7, 11) is 0. The van der Waals surface area contributed by atoms with Crippen molar-refractivity contribution in [1.29, 1.82) is 0 Å². The van der Waals surface area contributed by atoms with Gasteiger partial charge in [0, 0.05) is 19.1 Å². The molecule has 5 nitrogen and oxygen atoms in total. The summed E-state index contributed by atoms with van der Waals surface area (Å²) in [5.41, 5.74) is -0.918. The van der Waals surface area contributed by atoms with E-state index < -0.39 is 11.4 Å². The van der Waals surface area contributed by atoms with Crippen LogP contribution in [-0.4, -0.2) is 41.1 Å². The first kappa shape index (κ1) is 12.8. The Morgan fingerprint density at radius 2 is 2.00 bits per heavy atom. The minimum atomic E-state index is -0.918. The number of aliphatic carboxylic acids is 1. The number of amides is 2.